The van der Waals surface area contributed by atoms with Crippen LogP contribution in [0, 0.1) is 0 Å². The van der Waals surface area contributed by atoms with Crippen molar-refractivity contribution in [2.45, 2.75) is 31.9 Å². The van der Waals surface area contributed by atoms with Crippen LogP contribution in [0.3, 0.4) is 0 Å². The molecule has 3 rings (SSSR count). The molecule has 0 saturated carbocycles. The van der Waals surface area contributed by atoms with Crippen LogP contribution in [-0.2, 0) is 16.1 Å². The fourth-order valence-electron chi connectivity index (χ4n) is 3.03. The number of carbonyl (C=O) groups is 1. The molecular weight excluding hydrogens is 393 g/mol. The van der Waals surface area contributed by atoms with E-state index in [2.05, 4.69) is 10.1 Å². The van der Waals surface area contributed by atoms with Crippen LogP contribution in [0.1, 0.15) is 17.7 Å². The molecule has 5 nitrogen and oxygen atoms in total. The Kier molecular flexibility index (Phi) is 6.93. The molecule has 0 unspecified atom stereocenters. The van der Waals surface area contributed by atoms with Crippen molar-refractivity contribution < 1.29 is 27.4 Å². The number of carbonyl (C=O) groups excluding carboxylic acids is 1. The summed E-state index contributed by atoms with van der Waals surface area (Å²) in [5.41, 5.74) is 0.410. The number of amides is 1. The Morgan fingerprint density at radius 3 is 2.68 bits per heavy atom. The molecule has 0 bridgehead atoms. The van der Waals surface area contributed by atoms with Gasteiger partial charge in [0.2, 0.25) is 5.91 Å². The van der Waals surface area contributed by atoms with Crippen LogP contribution in [0.15, 0.2) is 41.8 Å². The second-order valence-corrected chi connectivity index (χ2v) is 7.54. The quantitative estimate of drug-likeness (QED) is 0.701. The van der Waals surface area contributed by atoms with Gasteiger partial charge in [-0.05, 0) is 48.6 Å². The number of rotatable bonds is 8. The number of ether oxygens (including phenoxy) is 2. The SMILES string of the molecule is O=C(CN(Cc1cccs1)C[C@H]1CCCO1)Nc1ccc(OC(F)(F)F)cc1. The molecule has 2 heterocycles. The molecule has 152 valence electrons. The number of anilines is 1. The Balaban J connectivity index is 1.56. The lowest BCUT2D eigenvalue weighted by Crippen LogP contribution is -2.37. The van der Waals surface area contributed by atoms with Crippen LogP contribution in [0.5, 0.6) is 5.75 Å². The first kappa shape index (κ1) is 20.6. The summed E-state index contributed by atoms with van der Waals surface area (Å²) in [7, 11) is 0. The van der Waals surface area contributed by atoms with Crippen molar-refractivity contribution in [1.82, 2.24) is 4.90 Å². The standard InChI is InChI=1S/C19H21F3N2O3S/c20-19(21,22)27-15-7-5-14(6-8-15)23-18(25)13-24(11-16-3-1-9-26-16)12-17-4-2-10-28-17/h2,4-8,10,16H,1,3,9,11-13H2,(H,23,25)/t16-/m1/s1. The van der Waals surface area contributed by atoms with Gasteiger partial charge >= 0.3 is 6.36 Å². The summed E-state index contributed by atoms with van der Waals surface area (Å²) >= 11 is 1.63. The summed E-state index contributed by atoms with van der Waals surface area (Å²) in [6, 6.07) is 9.07. The van der Waals surface area contributed by atoms with Crippen molar-refractivity contribution in [2.75, 3.05) is 25.0 Å². The molecule has 1 atom stereocenters. The van der Waals surface area contributed by atoms with Gasteiger partial charge in [0.25, 0.3) is 0 Å². The first-order valence-corrected chi connectivity index (χ1v) is 9.77. The van der Waals surface area contributed by atoms with Crippen LogP contribution in [0.2, 0.25) is 0 Å². The highest BCUT2D eigenvalue weighted by Crippen LogP contribution is 2.24. The number of benzene rings is 1. The van der Waals surface area contributed by atoms with E-state index >= 15 is 0 Å². The maximum absolute atomic E-state index is 12.4. The highest BCUT2D eigenvalue weighted by Gasteiger charge is 2.31. The van der Waals surface area contributed by atoms with Gasteiger partial charge in [0.1, 0.15) is 5.75 Å². The predicted octanol–water partition coefficient (Wildman–Crippen LogP) is 4.27. The molecule has 28 heavy (non-hydrogen) atoms. The molecule has 9 heteroatoms. The van der Waals surface area contributed by atoms with Crippen molar-refractivity contribution in [1.29, 1.82) is 0 Å². The Hall–Kier alpha value is -2.10. The Labute approximate surface area is 165 Å². The monoisotopic (exact) mass is 414 g/mol. The summed E-state index contributed by atoms with van der Waals surface area (Å²) in [6.07, 6.45) is -2.62. The van der Waals surface area contributed by atoms with E-state index in [1.54, 1.807) is 11.3 Å². The third-order valence-corrected chi connectivity index (χ3v) is 5.05. The molecule has 1 aromatic heterocycles. The van der Waals surface area contributed by atoms with E-state index in [-0.39, 0.29) is 24.3 Å². The van der Waals surface area contributed by atoms with E-state index in [1.165, 1.54) is 24.3 Å². The van der Waals surface area contributed by atoms with E-state index in [4.69, 9.17) is 4.74 Å². The average molecular weight is 414 g/mol. The van der Waals surface area contributed by atoms with Crippen molar-refractivity contribution >= 4 is 22.9 Å². The lowest BCUT2D eigenvalue weighted by Gasteiger charge is -2.24. The van der Waals surface area contributed by atoms with Gasteiger partial charge in [0.05, 0.1) is 12.6 Å². The van der Waals surface area contributed by atoms with Gasteiger partial charge in [-0.2, -0.15) is 0 Å². The van der Waals surface area contributed by atoms with Crippen LogP contribution < -0.4 is 10.1 Å². The number of alkyl halides is 3. The molecule has 1 N–H and O–H groups in total. The van der Waals surface area contributed by atoms with Gasteiger partial charge in [-0.15, -0.1) is 24.5 Å². The van der Waals surface area contributed by atoms with Crippen LogP contribution in [-0.4, -0.2) is 43.0 Å². The molecule has 0 spiro atoms. The highest BCUT2D eigenvalue weighted by atomic mass is 32.1. The van der Waals surface area contributed by atoms with E-state index < -0.39 is 6.36 Å². The zero-order valence-electron chi connectivity index (χ0n) is 15.1. The Bertz CT molecular complexity index is 745. The summed E-state index contributed by atoms with van der Waals surface area (Å²) in [5.74, 6) is -0.567. The van der Waals surface area contributed by atoms with E-state index in [0.29, 0.717) is 18.8 Å². The molecule has 0 radical (unpaired) electrons. The van der Waals surface area contributed by atoms with Crippen LogP contribution >= 0.6 is 11.3 Å². The molecule has 1 saturated heterocycles. The van der Waals surface area contributed by atoms with Crippen molar-refractivity contribution in [3.05, 3.63) is 46.7 Å². The van der Waals surface area contributed by atoms with Gasteiger partial charge in [-0.25, -0.2) is 0 Å². The van der Waals surface area contributed by atoms with E-state index in [1.807, 2.05) is 22.4 Å². The van der Waals surface area contributed by atoms with Gasteiger partial charge in [0, 0.05) is 30.3 Å². The number of thiophene rings is 1. The van der Waals surface area contributed by atoms with Crippen molar-refractivity contribution in [3.8, 4) is 5.75 Å². The van der Waals surface area contributed by atoms with E-state index in [0.717, 1.165) is 24.3 Å². The number of nitrogens with zero attached hydrogens (tertiary/aromatic N) is 1. The van der Waals surface area contributed by atoms with E-state index in [9.17, 15) is 18.0 Å². The molecule has 1 fully saturated rings. The van der Waals surface area contributed by atoms with Crippen molar-refractivity contribution in [2.24, 2.45) is 0 Å². The maximum atomic E-state index is 12.4. The minimum atomic E-state index is -4.74. The lowest BCUT2D eigenvalue weighted by molar-refractivity contribution is -0.274. The Morgan fingerprint density at radius 1 is 1.29 bits per heavy atom. The number of hydrogen-bond acceptors (Lipinski definition) is 5. The van der Waals surface area contributed by atoms with Gasteiger partial charge in [-0.3, -0.25) is 9.69 Å². The third-order valence-electron chi connectivity index (χ3n) is 4.18. The molecular formula is C19H21F3N2O3S. The topological polar surface area (TPSA) is 50.8 Å². The molecule has 1 aliphatic rings. The summed E-state index contributed by atoms with van der Waals surface area (Å²) in [4.78, 5) is 15.6. The van der Waals surface area contributed by atoms with Gasteiger partial charge < -0.3 is 14.8 Å². The smallest absolute Gasteiger partial charge is 0.406 e. The molecule has 1 amide bonds. The zero-order chi connectivity index (χ0) is 20.0. The first-order chi connectivity index (χ1) is 13.4. The minimum Gasteiger partial charge on any atom is -0.406 e. The molecule has 1 aromatic carbocycles. The molecule has 2 aromatic rings. The minimum absolute atomic E-state index is 0.117. The normalized spacial score (nSPS) is 17.1. The second-order valence-electron chi connectivity index (χ2n) is 6.50. The summed E-state index contributed by atoms with van der Waals surface area (Å²) in [6.45, 7) is 2.21. The predicted molar refractivity (Wildman–Crippen MR) is 100 cm³/mol. The second kappa shape index (κ2) is 9.40. The number of nitrogens with one attached hydrogen (secondary N) is 1. The number of hydrogen-bond donors (Lipinski definition) is 1. The summed E-state index contributed by atoms with van der Waals surface area (Å²) in [5, 5.41) is 4.70. The van der Waals surface area contributed by atoms with Crippen molar-refractivity contribution in [3.63, 3.8) is 0 Å². The average Bonchev–Trinajstić information content (AvgIpc) is 3.29. The fourth-order valence-corrected chi connectivity index (χ4v) is 3.77. The molecule has 0 aliphatic carbocycles. The summed E-state index contributed by atoms with van der Waals surface area (Å²) < 4.78 is 46.1. The maximum Gasteiger partial charge on any atom is 0.573 e. The third kappa shape index (κ3) is 6.81. The lowest BCUT2D eigenvalue weighted by atomic mass is 10.2. The van der Waals surface area contributed by atoms with Crippen LogP contribution in [0.25, 0.3) is 0 Å². The fraction of sp³-hybridized carbons (Fsp3) is 0.421. The largest absolute Gasteiger partial charge is 0.573 e. The highest BCUT2D eigenvalue weighted by molar-refractivity contribution is 7.09. The Morgan fingerprint density at radius 2 is 2.07 bits per heavy atom. The van der Waals surface area contributed by atoms with Gasteiger partial charge in [0.15, 0.2) is 0 Å². The van der Waals surface area contributed by atoms with Crippen LogP contribution in [0.4, 0.5) is 18.9 Å². The molecule has 1 aliphatic heterocycles. The zero-order valence-corrected chi connectivity index (χ0v) is 15.9. The first-order valence-electron chi connectivity index (χ1n) is 8.89. The number of halogens is 3. The van der Waals surface area contributed by atoms with Gasteiger partial charge in [-0.1, -0.05) is 6.07 Å².